The zero-order valence-corrected chi connectivity index (χ0v) is 10.7. The van der Waals surface area contributed by atoms with E-state index in [1.54, 1.807) is 13.1 Å². The largest absolute Gasteiger partial charge is 0.394 e. The Bertz CT molecular complexity index is 401. The Morgan fingerprint density at radius 3 is 2.94 bits per heavy atom. The number of aryl methyl sites for hydroxylation is 1. The van der Waals surface area contributed by atoms with Gasteiger partial charge in [-0.3, -0.25) is 5.41 Å². The van der Waals surface area contributed by atoms with Crippen molar-refractivity contribution in [1.29, 1.82) is 5.41 Å². The Morgan fingerprint density at radius 2 is 2.50 bits per heavy atom. The van der Waals surface area contributed by atoms with Crippen LogP contribution < -0.4 is 5.32 Å². The molecule has 0 radical (unpaired) electrons. The average molecular weight is 288 g/mol. The van der Waals surface area contributed by atoms with E-state index in [4.69, 9.17) is 9.93 Å². The first-order valence-electron chi connectivity index (χ1n) is 4.85. The first-order chi connectivity index (χ1) is 7.60. The molecule has 1 heterocycles. The fourth-order valence-electron chi connectivity index (χ4n) is 1.19. The Morgan fingerprint density at radius 1 is 1.81 bits per heavy atom. The van der Waals surface area contributed by atoms with Gasteiger partial charge in [0.2, 0.25) is 0 Å². The molecule has 6 heteroatoms. The molecule has 88 valence electrons. The maximum atomic E-state index is 9.98. The highest BCUT2D eigenvalue weighted by molar-refractivity contribution is 9.18. The average Bonchev–Trinajstić information content (AvgIpc) is 2.73. The van der Waals surface area contributed by atoms with E-state index in [1.165, 1.54) is 6.20 Å². The van der Waals surface area contributed by atoms with Gasteiger partial charge in [-0.1, -0.05) is 12.1 Å². The van der Waals surface area contributed by atoms with Crippen molar-refractivity contribution >= 4 is 20.6 Å². The van der Waals surface area contributed by atoms with E-state index >= 15 is 0 Å². The first-order valence-corrected chi connectivity index (χ1v) is 5.64. The molecule has 0 spiro atoms. The molecule has 0 bridgehead atoms. The molecule has 16 heavy (non-hydrogen) atoms. The van der Waals surface area contributed by atoms with Crippen molar-refractivity contribution < 1.29 is 9.63 Å². The highest BCUT2D eigenvalue weighted by Gasteiger charge is 2.20. The lowest BCUT2D eigenvalue weighted by atomic mass is 10.1. The van der Waals surface area contributed by atoms with Gasteiger partial charge in [0.15, 0.2) is 5.76 Å². The Balaban J connectivity index is 2.94. The van der Waals surface area contributed by atoms with E-state index in [0.29, 0.717) is 11.3 Å². The van der Waals surface area contributed by atoms with Gasteiger partial charge in [-0.2, -0.15) is 0 Å². The number of hydrogen-bond donors (Lipinski definition) is 3. The molecule has 3 N–H and O–H groups in total. The zero-order valence-electron chi connectivity index (χ0n) is 9.12. The molecule has 0 saturated carbocycles. The van der Waals surface area contributed by atoms with Crippen LogP contribution in [0.2, 0.25) is 0 Å². The van der Waals surface area contributed by atoms with Gasteiger partial charge in [0.25, 0.3) is 0 Å². The van der Waals surface area contributed by atoms with E-state index in [1.807, 2.05) is 6.92 Å². The summed E-state index contributed by atoms with van der Waals surface area (Å²) in [5, 5.41) is 24.0. The number of aliphatic hydroxyl groups is 1. The van der Waals surface area contributed by atoms with Gasteiger partial charge in [-0.25, -0.2) is 0 Å². The van der Waals surface area contributed by atoms with Gasteiger partial charge < -0.3 is 14.9 Å². The minimum atomic E-state index is -0.993. The lowest BCUT2D eigenvalue weighted by Gasteiger charge is -2.09. The minimum Gasteiger partial charge on any atom is -0.394 e. The third-order valence-corrected chi connectivity index (χ3v) is 2.51. The van der Waals surface area contributed by atoms with Crippen LogP contribution in [0.5, 0.6) is 0 Å². The maximum Gasteiger partial charge on any atom is 0.170 e. The fourth-order valence-corrected chi connectivity index (χ4v) is 1.53. The Labute approximate surface area is 102 Å². The predicted octanol–water partition coefficient (Wildman–Crippen LogP) is 1.75. The number of nitrogens with zero attached hydrogens (tertiary/aromatic N) is 1. The predicted molar refractivity (Wildman–Crippen MR) is 64.6 cm³/mol. The van der Waals surface area contributed by atoms with Crippen LogP contribution in [0, 0.1) is 5.41 Å². The van der Waals surface area contributed by atoms with Crippen molar-refractivity contribution in [3.63, 3.8) is 0 Å². The minimum absolute atomic E-state index is 0.101. The molecule has 0 aliphatic heterocycles. The van der Waals surface area contributed by atoms with Gasteiger partial charge in [-0.15, -0.1) is 0 Å². The van der Waals surface area contributed by atoms with Gasteiger partial charge >= 0.3 is 0 Å². The Kier molecular flexibility index (Phi) is 4.70. The summed E-state index contributed by atoms with van der Waals surface area (Å²) >= 11 is 3.02. The summed E-state index contributed by atoms with van der Waals surface area (Å²) in [5.74, 6) is 0.336. The molecule has 0 fully saturated rings. The van der Waals surface area contributed by atoms with Gasteiger partial charge in [0.1, 0.15) is 10.7 Å². The molecular formula is C10H14BrN3O2. The smallest absolute Gasteiger partial charge is 0.170 e. The summed E-state index contributed by atoms with van der Waals surface area (Å²) in [6.07, 6.45) is 1.29. The Hall–Kier alpha value is -1.14. The second-order valence-corrected chi connectivity index (χ2v) is 3.97. The lowest BCUT2D eigenvalue weighted by molar-refractivity contribution is 0.177. The number of aliphatic hydroxyl groups excluding tert-OH is 1. The van der Waals surface area contributed by atoms with Crippen LogP contribution in [0.4, 0.5) is 0 Å². The number of nitrogens with one attached hydrogen (secondary N) is 2. The van der Waals surface area contributed by atoms with E-state index in [9.17, 15) is 5.11 Å². The van der Waals surface area contributed by atoms with E-state index < -0.39 is 6.10 Å². The monoisotopic (exact) mass is 287 g/mol. The molecule has 1 aromatic rings. The summed E-state index contributed by atoms with van der Waals surface area (Å²) in [6, 6.07) is 1.68. The van der Waals surface area contributed by atoms with Crippen LogP contribution in [0.3, 0.4) is 0 Å². The summed E-state index contributed by atoms with van der Waals surface area (Å²) < 4.78 is 5.11. The van der Waals surface area contributed by atoms with Crippen LogP contribution in [0.25, 0.3) is 0 Å². The molecule has 0 aliphatic rings. The number of aromatic nitrogens is 1. The van der Waals surface area contributed by atoms with E-state index in [2.05, 4.69) is 26.4 Å². The topological polar surface area (TPSA) is 82.1 Å². The number of hydrogen-bond acceptors (Lipinski definition) is 5. The van der Waals surface area contributed by atoms with E-state index in [0.717, 1.165) is 12.1 Å². The van der Waals surface area contributed by atoms with Crippen molar-refractivity contribution in [2.45, 2.75) is 19.4 Å². The summed E-state index contributed by atoms with van der Waals surface area (Å²) in [7, 11) is 1.69. The van der Waals surface area contributed by atoms with Crippen LogP contribution in [0.15, 0.2) is 22.4 Å². The highest BCUT2D eigenvalue weighted by Crippen LogP contribution is 2.24. The summed E-state index contributed by atoms with van der Waals surface area (Å²) in [6.45, 7) is 1.95. The number of halogens is 1. The second-order valence-electron chi connectivity index (χ2n) is 3.18. The molecule has 0 amide bonds. The van der Waals surface area contributed by atoms with Crippen molar-refractivity contribution in [2.24, 2.45) is 0 Å². The molecule has 1 rings (SSSR count). The summed E-state index contributed by atoms with van der Waals surface area (Å²) in [4.78, 5) is 0. The molecule has 1 unspecified atom stereocenters. The maximum absolute atomic E-state index is 9.98. The van der Waals surface area contributed by atoms with Crippen LogP contribution >= 0.6 is 15.9 Å². The van der Waals surface area contributed by atoms with Crippen molar-refractivity contribution in [3.8, 4) is 0 Å². The molecule has 1 aromatic heterocycles. The third kappa shape index (κ3) is 2.93. The molecular weight excluding hydrogens is 274 g/mol. The fraction of sp³-hybridized carbons (Fsp3) is 0.400. The van der Waals surface area contributed by atoms with E-state index in [-0.39, 0.29) is 4.62 Å². The third-order valence-electron chi connectivity index (χ3n) is 2.06. The number of rotatable bonds is 5. The van der Waals surface area contributed by atoms with Crippen molar-refractivity contribution in [2.75, 3.05) is 7.05 Å². The molecule has 0 aromatic carbocycles. The van der Waals surface area contributed by atoms with Gasteiger partial charge in [0.05, 0.1) is 5.69 Å². The van der Waals surface area contributed by atoms with Crippen LogP contribution in [0.1, 0.15) is 24.5 Å². The molecule has 1 atom stereocenters. The zero-order chi connectivity index (χ0) is 12.1. The van der Waals surface area contributed by atoms with Crippen LogP contribution in [-0.4, -0.2) is 21.9 Å². The normalized spacial score (nSPS) is 13.6. The van der Waals surface area contributed by atoms with Crippen molar-refractivity contribution in [3.05, 3.63) is 29.3 Å². The molecule has 0 aliphatic carbocycles. The van der Waals surface area contributed by atoms with Gasteiger partial charge in [0, 0.05) is 24.9 Å². The first kappa shape index (κ1) is 12.9. The highest BCUT2D eigenvalue weighted by atomic mass is 79.9. The van der Waals surface area contributed by atoms with Gasteiger partial charge in [-0.05, 0) is 22.4 Å². The molecule has 5 nitrogen and oxygen atoms in total. The van der Waals surface area contributed by atoms with Crippen molar-refractivity contribution in [1.82, 2.24) is 10.5 Å². The molecule has 0 saturated heterocycles. The second kappa shape index (κ2) is 5.81. The standard InChI is InChI=1S/C10H14BrN3O2/c1-3-6-4-8(16-14-6)9(15)7(5-13-2)10(11)12/h4-5,9,12-13,15H,3H2,1-2H3/b7-5-,12-10?. The lowest BCUT2D eigenvalue weighted by Crippen LogP contribution is -2.09. The summed E-state index contributed by atoms with van der Waals surface area (Å²) in [5.41, 5.74) is 1.17. The quantitative estimate of drug-likeness (QED) is 0.721. The van der Waals surface area contributed by atoms with Crippen LogP contribution in [-0.2, 0) is 6.42 Å². The SMILES string of the molecule is CCc1cc(C(O)/C(=C/NC)C(=N)Br)on1.